The summed E-state index contributed by atoms with van der Waals surface area (Å²) in [6.45, 7) is 2.20. The van der Waals surface area contributed by atoms with E-state index in [0.29, 0.717) is 0 Å². The molecule has 2 rings (SSSR count). The van der Waals surface area contributed by atoms with Crippen molar-refractivity contribution in [1.82, 2.24) is 0 Å². The first-order chi connectivity index (χ1) is 5.88. The predicted molar refractivity (Wildman–Crippen MR) is 56.2 cm³/mol. The molecular weight excluding hydrogens is 160 g/mol. The minimum absolute atomic E-state index is 0.840. The Morgan fingerprint density at radius 2 is 1.67 bits per heavy atom. The fourth-order valence-electron chi connectivity index (χ4n) is 1.60. The lowest BCUT2D eigenvalue weighted by Gasteiger charge is -2.07. The molecule has 1 heterocycles. The fraction of sp³-hybridized carbons (Fsp3) is 0.0909. The van der Waals surface area contributed by atoms with Gasteiger partial charge in [-0.25, -0.2) is 0 Å². The monoisotopic (exact) mass is 172 g/mol. The second-order valence-corrected chi connectivity index (χ2v) is 5.60. The summed E-state index contributed by atoms with van der Waals surface area (Å²) < 4.78 is 0. The van der Waals surface area contributed by atoms with Gasteiger partial charge in [-0.2, -0.15) is 0 Å². The van der Waals surface area contributed by atoms with E-state index >= 15 is 0 Å². The van der Waals surface area contributed by atoms with Gasteiger partial charge in [0.15, 0.2) is 0 Å². The average molecular weight is 172 g/mol. The lowest BCUT2D eigenvalue weighted by Crippen LogP contribution is -2.27. The van der Waals surface area contributed by atoms with Crippen LogP contribution in [-0.2, 0) is 0 Å². The molecule has 0 aliphatic carbocycles. The van der Waals surface area contributed by atoms with Crippen molar-refractivity contribution < 1.29 is 0 Å². The van der Waals surface area contributed by atoms with Gasteiger partial charge in [0.05, 0.1) is 0 Å². The highest BCUT2D eigenvalue weighted by molar-refractivity contribution is 6.83. The molecule has 0 saturated heterocycles. The number of allylic oxidation sites excluding steroid dienone is 2. The van der Waals surface area contributed by atoms with Crippen molar-refractivity contribution in [2.45, 2.75) is 6.92 Å². The molecule has 0 radical (unpaired) electrons. The molecule has 0 unspecified atom stereocenters. The molecule has 0 N–H and O–H groups in total. The molecule has 0 amide bonds. The van der Waals surface area contributed by atoms with Crippen molar-refractivity contribution >= 4 is 14.0 Å². The molecule has 0 atom stereocenters. The van der Waals surface area contributed by atoms with Crippen LogP contribution in [0.2, 0.25) is 0 Å². The predicted octanol–water partition coefficient (Wildman–Crippen LogP) is 1.63. The van der Waals surface area contributed by atoms with Crippen LogP contribution in [0.25, 0.3) is 0 Å². The van der Waals surface area contributed by atoms with Gasteiger partial charge in [0.1, 0.15) is 8.80 Å². The van der Waals surface area contributed by atoms with E-state index in [1.165, 1.54) is 5.56 Å². The third kappa shape index (κ3) is 1.28. The van der Waals surface area contributed by atoms with Crippen molar-refractivity contribution in [2.24, 2.45) is 0 Å². The van der Waals surface area contributed by atoms with E-state index in [-0.39, 0.29) is 0 Å². The van der Waals surface area contributed by atoms with Gasteiger partial charge in [-0.15, -0.1) is 0 Å². The normalized spacial score (nSPS) is 15.8. The van der Waals surface area contributed by atoms with Crippen LogP contribution in [0, 0.1) is 6.92 Å². The summed E-state index contributed by atoms with van der Waals surface area (Å²) in [5, 5.41) is 1.56. The minimum Gasteiger partial charge on any atom is -0.0893 e. The second-order valence-electron chi connectivity index (χ2n) is 3.15. The van der Waals surface area contributed by atoms with Crippen molar-refractivity contribution in [2.75, 3.05) is 0 Å². The molecule has 0 nitrogen and oxygen atoms in total. The first kappa shape index (κ1) is 7.56. The number of rotatable bonds is 1. The van der Waals surface area contributed by atoms with E-state index in [1.54, 1.807) is 5.19 Å². The van der Waals surface area contributed by atoms with Gasteiger partial charge in [-0.3, -0.25) is 0 Å². The third-order valence-electron chi connectivity index (χ3n) is 2.30. The van der Waals surface area contributed by atoms with Gasteiger partial charge in [0.25, 0.3) is 0 Å². The fourth-order valence-corrected chi connectivity index (χ4v) is 3.83. The molecule has 0 saturated carbocycles. The summed E-state index contributed by atoms with van der Waals surface area (Å²) in [6, 6.07) is 8.69. The Morgan fingerprint density at radius 1 is 1.00 bits per heavy atom. The summed E-state index contributed by atoms with van der Waals surface area (Å²) >= 11 is 0. The van der Waals surface area contributed by atoms with Crippen molar-refractivity contribution in [3.63, 3.8) is 0 Å². The van der Waals surface area contributed by atoms with Crippen LogP contribution in [0.5, 0.6) is 0 Å². The van der Waals surface area contributed by atoms with Crippen molar-refractivity contribution in [3.8, 4) is 0 Å². The standard InChI is InChI=1S/C11H12Si/c1-10-6-2-3-7-11(10)12-8-4-5-9-12/h2-9,12H,1H3. The quantitative estimate of drug-likeness (QED) is 0.565. The van der Waals surface area contributed by atoms with E-state index in [1.807, 2.05) is 0 Å². The summed E-state index contributed by atoms with van der Waals surface area (Å²) in [5.41, 5.74) is 6.16. The van der Waals surface area contributed by atoms with Gasteiger partial charge < -0.3 is 0 Å². The van der Waals surface area contributed by atoms with Gasteiger partial charge in [-0.05, 0) is 6.92 Å². The molecule has 1 aromatic rings. The summed E-state index contributed by atoms with van der Waals surface area (Å²) in [4.78, 5) is 0. The third-order valence-corrected chi connectivity index (χ3v) is 4.94. The largest absolute Gasteiger partial charge is 0.118 e. The number of benzene rings is 1. The van der Waals surface area contributed by atoms with Gasteiger partial charge >= 0.3 is 0 Å². The summed E-state index contributed by atoms with van der Waals surface area (Å²) in [7, 11) is -0.840. The zero-order chi connectivity index (χ0) is 8.39. The van der Waals surface area contributed by atoms with E-state index < -0.39 is 8.80 Å². The van der Waals surface area contributed by atoms with E-state index in [0.717, 1.165) is 0 Å². The maximum Gasteiger partial charge on any atom is 0.118 e. The molecular formula is C11H12Si. The first-order valence-corrected chi connectivity index (χ1v) is 6.19. The SMILES string of the molecule is Cc1ccccc1[SiH]1C=CC=C1. The number of hydrogen-bond donors (Lipinski definition) is 0. The number of hydrogen-bond acceptors (Lipinski definition) is 0. The van der Waals surface area contributed by atoms with E-state index in [4.69, 9.17) is 0 Å². The highest BCUT2D eigenvalue weighted by Gasteiger charge is 2.09. The second kappa shape index (κ2) is 3.11. The van der Waals surface area contributed by atoms with Crippen LogP contribution in [0.4, 0.5) is 0 Å². The Balaban J connectivity index is 2.39. The topological polar surface area (TPSA) is 0 Å². The van der Waals surface area contributed by atoms with Gasteiger partial charge in [0.2, 0.25) is 0 Å². The Hall–Kier alpha value is -1.08. The van der Waals surface area contributed by atoms with Crippen LogP contribution in [0.1, 0.15) is 5.56 Å². The Labute approximate surface area is 74.8 Å². The first-order valence-electron chi connectivity index (χ1n) is 4.28. The molecule has 0 bridgehead atoms. The molecule has 0 aromatic heterocycles. The lowest BCUT2D eigenvalue weighted by molar-refractivity contribution is 1.51. The van der Waals surface area contributed by atoms with Gasteiger partial charge in [0, 0.05) is 0 Å². The molecule has 12 heavy (non-hydrogen) atoms. The van der Waals surface area contributed by atoms with Gasteiger partial charge in [-0.1, -0.05) is 58.6 Å². The zero-order valence-corrected chi connectivity index (χ0v) is 8.35. The molecule has 1 aromatic carbocycles. The number of aryl methyl sites for hydroxylation is 1. The summed E-state index contributed by atoms with van der Waals surface area (Å²) in [5.74, 6) is 0. The molecule has 0 spiro atoms. The highest BCUT2D eigenvalue weighted by Crippen LogP contribution is 2.02. The smallest absolute Gasteiger partial charge is 0.0893 e. The average Bonchev–Trinajstić information content (AvgIpc) is 2.57. The molecule has 1 aliphatic rings. The summed E-state index contributed by atoms with van der Waals surface area (Å²) in [6.07, 6.45) is 4.34. The Morgan fingerprint density at radius 3 is 2.33 bits per heavy atom. The van der Waals surface area contributed by atoms with Crippen LogP contribution >= 0.6 is 0 Å². The Bertz CT molecular complexity index is 325. The van der Waals surface area contributed by atoms with Crippen molar-refractivity contribution in [3.05, 3.63) is 53.4 Å². The molecule has 60 valence electrons. The molecule has 1 heteroatoms. The Kier molecular flexibility index (Phi) is 1.96. The van der Waals surface area contributed by atoms with E-state index in [9.17, 15) is 0 Å². The molecule has 1 aliphatic heterocycles. The highest BCUT2D eigenvalue weighted by atomic mass is 28.3. The molecule has 0 fully saturated rings. The van der Waals surface area contributed by atoms with Crippen LogP contribution < -0.4 is 5.19 Å². The lowest BCUT2D eigenvalue weighted by atomic mass is 10.2. The van der Waals surface area contributed by atoms with Crippen molar-refractivity contribution in [1.29, 1.82) is 0 Å². The van der Waals surface area contributed by atoms with Crippen LogP contribution in [-0.4, -0.2) is 8.80 Å². The maximum atomic E-state index is 2.36. The zero-order valence-electron chi connectivity index (χ0n) is 7.20. The minimum atomic E-state index is -0.840. The maximum absolute atomic E-state index is 2.36. The van der Waals surface area contributed by atoms with E-state index in [2.05, 4.69) is 54.7 Å². The van der Waals surface area contributed by atoms with Crippen LogP contribution in [0.3, 0.4) is 0 Å². The van der Waals surface area contributed by atoms with Crippen LogP contribution in [0.15, 0.2) is 47.8 Å².